The van der Waals surface area contributed by atoms with E-state index in [0.29, 0.717) is 18.2 Å². The molecule has 0 bridgehead atoms. The van der Waals surface area contributed by atoms with Crippen molar-refractivity contribution in [2.24, 2.45) is 5.92 Å². The molecule has 0 radical (unpaired) electrons. The standard InChI is InChI=1S/C19H22N4O2/c1-14-7-11-23(12-8-14)19(25)17-4-2-3-16(22-17)18(24)21-13-15-5-9-20-10-6-15/h2-6,9-10,14H,7-8,11-13H2,1H3,(H,21,24). The third-order valence-electron chi connectivity index (χ3n) is 4.47. The largest absolute Gasteiger partial charge is 0.347 e. The molecule has 0 aromatic carbocycles. The Morgan fingerprint density at radius 1 is 1.12 bits per heavy atom. The number of hydrogen-bond acceptors (Lipinski definition) is 4. The normalized spacial score (nSPS) is 15.0. The third-order valence-corrected chi connectivity index (χ3v) is 4.47. The molecule has 3 heterocycles. The summed E-state index contributed by atoms with van der Waals surface area (Å²) in [6, 6.07) is 8.67. The Hall–Kier alpha value is -2.76. The molecule has 3 rings (SSSR count). The van der Waals surface area contributed by atoms with Crippen molar-refractivity contribution in [3.8, 4) is 0 Å². The molecule has 2 aromatic heterocycles. The van der Waals surface area contributed by atoms with Gasteiger partial charge in [0.2, 0.25) is 0 Å². The molecule has 0 saturated carbocycles. The number of likely N-dealkylation sites (tertiary alicyclic amines) is 1. The molecule has 25 heavy (non-hydrogen) atoms. The number of carbonyl (C=O) groups excluding carboxylic acids is 2. The Bertz CT molecular complexity index is 740. The monoisotopic (exact) mass is 338 g/mol. The summed E-state index contributed by atoms with van der Waals surface area (Å²) in [7, 11) is 0. The van der Waals surface area contributed by atoms with Gasteiger partial charge in [-0.2, -0.15) is 0 Å². The van der Waals surface area contributed by atoms with Gasteiger partial charge < -0.3 is 10.2 Å². The lowest BCUT2D eigenvalue weighted by Crippen LogP contribution is -2.38. The molecular weight excluding hydrogens is 316 g/mol. The van der Waals surface area contributed by atoms with Gasteiger partial charge >= 0.3 is 0 Å². The first-order chi connectivity index (χ1) is 12.1. The van der Waals surface area contributed by atoms with Gasteiger partial charge in [-0.05, 0) is 48.6 Å². The average Bonchev–Trinajstić information content (AvgIpc) is 2.67. The van der Waals surface area contributed by atoms with Crippen LogP contribution in [-0.2, 0) is 6.54 Å². The first-order valence-corrected chi connectivity index (χ1v) is 8.57. The molecule has 1 aliphatic heterocycles. The van der Waals surface area contributed by atoms with Crippen molar-refractivity contribution in [3.63, 3.8) is 0 Å². The van der Waals surface area contributed by atoms with Crippen LogP contribution in [-0.4, -0.2) is 39.8 Å². The molecule has 1 aliphatic rings. The van der Waals surface area contributed by atoms with Crippen molar-refractivity contribution in [2.45, 2.75) is 26.3 Å². The van der Waals surface area contributed by atoms with E-state index < -0.39 is 0 Å². The van der Waals surface area contributed by atoms with E-state index in [1.165, 1.54) is 0 Å². The van der Waals surface area contributed by atoms with Crippen LogP contribution in [0.3, 0.4) is 0 Å². The lowest BCUT2D eigenvalue weighted by molar-refractivity contribution is 0.0691. The quantitative estimate of drug-likeness (QED) is 0.928. The SMILES string of the molecule is CC1CCN(C(=O)c2cccc(C(=O)NCc3ccncc3)n2)CC1. The van der Waals surface area contributed by atoms with Crippen LogP contribution in [0.5, 0.6) is 0 Å². The van der Waals surface area contributed by atoms with Gasteiger partial charge in [0.15, 0.2) is 0 Å². The summed E-state index contributed by atoms with van der Waals surface area (Å²) in [4.78, 5) is 34.9. The summed E-state index contributed by atoms with van der Waals surface area (Å²) in [5.74, 6) is 0.261. The molecule has 1 saturated heterocycles. The maximum Gasteiger partial charge on any atom is 0.272 e. The fourth-order valence-corrected chi connectivity index (χ4v) is 2.83. The van der Waals surface area contributed by atoms with Crippen molar-refractivity contribution in [1.82, 2.24) is 20.2 Å². The van der Waals surface area contributed by atoms with Crippen molar-refractivity contribution in [2.75, 3.05) is 13.1 Å². The highest BCUT2D eigenvalue weighted by atomic mass is 16.2. The summed E-state index contributed by atoms with van der Waals surface area (Å²) >= 11 is 0. The first kappa shape index (κ1) is 17.1. The zero-order valence-corrected chi connectivity index (χ0v) is 14.3. The number of aromatic nitrogens is 2. The Balaban J connectivity index is 1.64. The van der Waals surface area contributed by atoms with Gasteiger partial charge in [-0.3, -0.25) is 14.6 Å². The molecule has 0 aliphatic carbocycles. The second-order valence-corrected chi connectivity index (χ2v) is 6.42. The maximum absolute atomic E-state index is 12.6. The summed E-state index contributed by atoms with van der Waals surface area (Å²) < 4.78 is 0. The minimum atomic E-state index is -0.293. The number of hydrogen-bond donors (Lipinski definition) is 1. The Labute approximate surface area is 147 Å². The molecule has 0 spiro atoms. The molecule has 130 valence electrons. The molecular formula is C19H22N4O2. The Morgan fingerprint density at radius 2 is 1.80 bits per heavy atom. The molecule has 6 heteroatoms. The third kappa shape index (κ3) is 4.41. The average molecular weight is 338 g/mol. The van der Waals surface area contributed by atoms with Crippen molar-refractivity contribution in [3.05, 3.63) is 59.7 Å². The summed E-state index contributed by atoms with van der Waals surface area (Å²) in [5, 5.41) is 2.81. The number of nitrogens with zero attached hydrogens (tertiary/aromatic N) is 3. The van der Waals surface area contributed by atoms with E-state index in [2.05, 4.69) is 22.2 Å². The predicted octanol–water partition coefficient (Wildman–Crippen LogP) is 2.28. The van der Waals surface area contributed by atoms with Gasteiger partial charge in [0.05, 0.1) is 0 Å². The molecule has 0 atom stereocenters. The van der Waals surface area contributed by atoms with Crippen LogP contribution in [0.4, 0.5) is 0 Å². The number of piperidine rings is 1. The summed E-state index contributed by atoms with van der Waals surface area (Å²) in [6.07, 6.45) is 5.38. The van der Waals surface area contributed by atoms with E-state index in [0.717, 1.165) is 31.5 Å². The molecule has 1 N–H and O–H groups in total. The number of amides is 2. The van der Waals surface area contributed by atoms with Gasteiger partial charge in [-0.15, -0.1) is 0 Å². The first-order valence-electron chi connectivity index (χ1n) is 8.57. The van der Waals surface area contributed by atoms with Crippen LogP contribution in [0.25, 0.3) is 0 Å². The second kappa shape index (κ2) is 7.88. The zero-order valence-electron chi connectivity index (χ0n) is 14.3. The van der Waals surface area contributed by atoms with Gasteiger partial charge in [0, 0.05) is 32.0 Å². The number of rotatable bonds is 4. The van der Waals surface area contributed by atoms with Gasteiger partial charge in [-0.25, -0.2) is 4.98 Å². The van der Waals surface area contributed by atoms with Crippen LogP contribution in [0.1, 0.15) is 46.3 Å². The smallest absolute Gasteiger partial charge is 0.272 e. The minimum absolute atomic E-state index is 0.101. The number of carbonyl (C=O) groups is 2. The Morgan fingerprint density at radius 3 is 2.52 bits per heavy atom. The van der Waals surface area contributed by atoms with Crippen LogP contribution >= 0.6 is 0 Å². The summed E-state index contributed by atoms with van der Waals surface area (Å²) in [5.41, 5.74) is 1.54. The van der Waals surface area contributed by atoms with Crippen LogP contribution in [0, 0.1) is 5.92 Å². The highest BCUT2D eigenvalue weighted by Crippen LogP contribution is 2.17. The van der Waals surface area contributed by atoms with E-state index in [1.807, 2.05) is 17.0 Å². The van der Waals surface area contributed by atoms with E-state index in [-0.39, 0.29) is 17.5 Å². The fraction of sp³-hybridized carbons (Fsp3) is 0.368. The topological polar surface area (TPSA) is 75.2 Å². The summed E-state index contributed by atoms with van der Waals surface area (Å²) in [6.45, 7) is 4.10. The zero-order chi connectivity index (χ0) is 17.6. The van der Waals surface area contributed by atoms with Crippen molar-refractivity contribution < 1.29 is 9.59 Å². The van der Waals surface area contributed by atoms with E-state index in [4.69, 9.17) is 0 Å². The highest BCUT2D eigenvalue weighted by Gasteiger charge is 2.22. The van der Waals surface area contributed by atoms with E-state index in [1.54, 1.807) is 30.6 Å². The van der Waals surface area contributed by atoms with Crippen LogP contribution < -0.4 is 5.32 Å². The number of nitrogens with one attached hydrogen (secondary N) is 1. The molecule has 1 fully saturated rings. The van der Waals surface area contributed by atoms with Gasteiger partial charge in [-0.1, -0.05) is 13.0 Å². The van der Waals surface area contributed by atoms with Crippen LogP contribution in [0.15, 0.2) is 42.7 Å². The lowest BCUT2D eigenvalue weighted by atomic mass is 9.99. The fourth-order valence-electron chi connectivity index (χ4n) is 2.83. The molecule has 6 nitrogen and oxygen atoms in total. The van der Waals surface area contributed by atoms with Gasteiger partial charge in [0.25, 0.3) is 11.8 Å². The van der Waals surface area contributed by atoms with Crippen molar-refractivity contribution >= 4 is 11.8 Å². The molecule has 2 amide bonds. The highest BCUT2D eigenvalue weighted by molar-refractivity contribution is 5.96. The van der Waals surface area contributed by atoms with Crippen molar-refractivity contribution in [1.29, 1.82) is 0 Å². The minimum Gasteiger partial charge on any atom is -0.347 e. The van der Waals surface area contributed by atoms with E-state index >= 15 is 0 Å². The molecule has 2 aromatic rings. The second-order valence-electron chi connectivity index (χ2n) is 6.42. The maximum atomic E-state index is 12.6. The lowest BCUT2D eigenvalue weighted by Gasteiger charge is -2.30. The molecule has 0 unspecified atom stereocenters. The van der Waals surface area contributed by atoms with E-state index in [9.17, 15) is 9.59 Å². The number of pyridine rings is 2. The predicted molar refractivity (Wildman–Crippen MR) is 93.9 cm³/mol. The van der Waals surface area contributed by atoms with Crippen LogP contribution in [0.2, 0.25) is 0 Å². The van der Waals surface area contributed by atoms with Gasteiger partial charge in [0.1, 0.15) is 11.4 Å². The Kier molecular flexibility index (Phi) is 5.38.